The van der Waals surface area contributed by atoms with Gasteiger partial charge in [-0.1, -0.05) is 48.6 Å². The number of halogens is 3. The topological polar surface area (TPSA) is 57.2 Å². The molecule has 0 atom stereocenters. The molecule has 0 unspecified atom stereocenters. The molecule has 0 aromatic heterocycles. The molecule has 4 aliphatic rings. The minimum Gasteiger partial charge on any atom is -0.741 e. The third-order valence-electron chi connectivity index (χ3n) is 3.79. The van der Waals surface area contributed by atoms with Gasteiger partial charge in [0, 0.05) is 0 Å². The first-order chi connectivity index (χ1) is 10.1. The van der Waals surface area contributed by atoms with Crippen LogP contribution in [-0.4, -0.2) is 18.5 Å². The van der Waals surface area contributed by atoms with Crippen molar-refractivity contribution < 1.29 is 45.6 Å². The van der Waals surface area contributed by atoms with Gasteiger partial charge in [0.2, 0.25) is 0 Å². The van der Waals surface area contributed by atoms with Gasteiger partial charge in [-0.3, -0.25) is 0 Å². The van der Waals surface area contributed by atoms with Crippen molar-refractivity contribution in [3.63, 3.8) is 0 Å². The van der Waals surface area contributed by atoms with Gasteiger partial charge in [0.25, 0.3) is 0 Å². The maximum absolute atomic E-state index is 10.7. The molecule has 0 N–H and O–H groups in total. The van der Waals surface area contributed by atoms with Crippen molar-refractivity contribution in [3.05, 3.63) is 48.6 Å². The van der Waals surface area contributed by atoms with Crippen LogP contribution in [0.2, 0.25) is 0 Å². The Bertz CT molecular complexity index is 530. The van der Waals surface area contributed by atoms with E-state index in [2.05, 4.69) is 48.6 Å². The summed E-state index contributed by atoms with van der Waals surface area (Å²) >= 11 is 0. The Labute approximate surface area is 146 Å². The van der Waals surface area contributed by atoms with Gasteiger partial charge in [-0.2, -0.15) is 13.2 Å². The second-order valence-electron chi connectivity index (χ2n) is 5.57. The fourth-order valence-corrected chi connectivity index (χ4v) is 2.66. The van der Waals surface area contributed by atoms with Crippen molar-refractivity contribution >= 4 is 10.1 Å². The molecule has 0 amide bonds. The number of alkyl halides is 3. The Kier molecular flexibility index (Phi) is 6.99. The monoisotopic (exact) mass is 436 g/mol. The second kappa shape index (κ2) is 7.90. The number of allylic oxidation sites excluding steroid dienone is 8. The minimum absolute atomic E-state index is 0. The normalized spacial score (nSPS) is 31.3. The van der Waals surface area contributed by atoms with Crippen LogP contribution in [0.1, 0.15) is 12.8 Å². The molecule has 130 valence electrons. The van der Waals surface area contributed by atoms with E-state index >= 15 is 0 Å². The number of hydrogen-bond acceptors (Lipinski definition) is 3. The maximum atomic E-state index is 10.7. The Morgan fingerprint density at radius 1 is 0.739 bits per heavy atom. The van der Waals surface area contributed by atoms with Crippen LogP contribution in [0, 0.1) is 23.7 Å². The zero-order valence-electron chi connectivity index (χ0n) is 11.9. The van der Waals surface area contributed by atoms with Crippen LogP contribution in [0.4, 0.5) is 13.2 Å². The molecule has 4 bridgehead atoms. The van der Waals surface area contributed by atoms with E-state index < -0.39 is 15.6 Å². The summed E-state index contributed by atoms with van der Waals surface area (Å²) in [6, 6.07) is 0. The summed E-state index contributed by atoms with van der Waals surface area (Å²) in [6.45, 7) is 0. The Morgan fingerprint density at radius 2 is 0.913 bits per heavy atom. The van der Waals surface area contributed by atoms with Crippen LogP contribution in [0.5, 0.6) is 0 Å². The number of fused-ring (bicyclic) bond motifs is 4. The van der Waals surface area contributed by atoms with Crippen molar-refractivity contribution in [2.24, 2.45) is 23.7 Å². The summed E-state index contributed by atoms with van der Waals surface area (Å²) in [7, 11) is -6.09. The maximum Gasteiger partial charge on any atom is 1.00 e. The van der Waals surface area contributed by atoms with Gasteiger partial charge in [-0.25, -0.2) is 8.42 Å². The van der Waals surface area contributed by atoms with Gasteiger partial charge in [0.05, 0.1) is 0 Å². The van der Waals surface area contributed by atoms with Crippen molar-refractivity contribution in [3.8, 4) is 0 Å². The van der Waals surface area contributed by atoms with Crippen molar-refractivity contribution in [2.75, 3.05) is 0 Å². The predicted octanol–water partition coefficient (Wildman–Crippen LogP) is 3.55. The summed E-state index contributed by atoms with van der Waals surface area (Å²) in [5.74, 6) is 3.24. The van der Waals surface area contributed by atoms with E-state index in [1.165, 1.54) is 12.8 Å². The van der Waals surface area contributed by atoms with Crippen molar-refractivity contribution in [1.82, 2.24) is 0 Å². The average Bonchev–Trinajstić information content (AvgIpc) is 3.20. The van der Waals surface area contributed by atoms with Gasteiger partial charge in [-0.15, -0.1) is 0 Å². The molecule has 3 nitrogen and oxygen atoms in total. The molecule has 23 heavy (non-hydrogen) atoms. The average molecular weight is 436 g/mol. The van der Waals surface area contributed by atoms with Gasteiger partial charge in [0.1, 0.15) is 0 Å². The fraction of sp³-hybridized carbons (Fsp3) is 0.467. The summed E-state index contributed by atoms with van der Waals surface area (Å²) in [5, 5.41) is 0. The summed E-state index contributed by atoms with van der Waals surface area (Å²) < 4.78 is 58.9. The molecule has 8 heteroatoms. The molecular weight excluding hydrogens is 420 g/mol. The molecule has 0 spiro atoms. The fourth-order valence-electron chi connectivity index (χ4n) is 2.66. The molecule has 0 saturated heterocycles. The summed E-state index contributed by atoms with van der Waals surface area (Å²) in [4.78, 5) is 0. The Hall–Kier alpha value is -0.717. The SMILES string of the molecule is C1=CC2C=CC1C2.C1=CC2C=CC1C2.O=S(=O)([O-])C(F)(F)F.[Rh+]. The van der Waals surface area contributed by atoms with Crippen molar-refractivity contribution in [1.29, 1.82) is 0 Å². The standard InChI is InChI=1S/2C7H8.CHF3O3S.Rh/c2*1-2-7-4-3-6(1)5-7;2-1(3,4)8(5,6)7;/h2*1-4,6-7H,5H2;(H,5,6,7);/q;;;+1/p-1. The predicted molar refractivity (Wildman–Crippen MR) is 75.5 cm³/mol. The molecule has 4 aliphatic carbocycles. The second-order valence-corrected chi connectivity index (χ2v) is 6.94. The van der Waals surface area contributed by atoms with E-state index in [-0.39, 0.29) is 19.5 Å². The quantitative estimate of drug-likeness (QED) is 0.253. The molecular formula is C15H16F3O3RhS. The molecule has 0 aliphatic heterocycles. The van der Waals surface area contributed by atoms with Crippen LogP contribution in [0.25, 0.3) is 0 Å². The van der Waals surface area contributed by atoms with E-state index in [4.69, 9.17) is 13.0 Å². The van der Waals surface area contributed by atoms with Crippen LogP contribution in [0.15, 0.2) is 48.6 Å². The Morgan fingerprint density at radius 3 is 0.957 bits per heavy atom. The summed E-state index contributed by atoms with van der Waals surface area (Å²) in [6.07, 6.45) is 21.1. The largest absolute Gasteiger partial charge is 1.00 e. The third-order valence-corrected chi connectivity index (χ3v) is 4.36. The van der Waals surface area contributed by atoms with Crippen molar-refractivity contribution in [2.45, 2.75) is 18.3 Å². The number of hydrogen-bond donors (Lipinski definition) is 0. The molecule has 0 saturated carbocycles. The first-order valence-electron chi connectivity index (χ1n) is 6.90. The number of rotatable bonds is 0. The van der Waals surface area contributed by atoms with Gasteiger partial charge < -0.3 is 4.55 Å². The zero-order chi connectivity index (χ0) is 16.4. The van der Waals surface area contributed by atoms with Gasteiger partial charge >= 0.3 is 25.0 Å². The van der Waals surface area contributed by atoms with Crippen LogP contribution in [-0.2, 0) is 29.6 Å². The van der Waals surface area contributed by atoms with E-state index in [1.807, 2.05) is 0 Å². The van der Waals surface area contributed by atoms with E-state index in [0.717, 1.165) is 23.7 Å². The summed E-state index contributed by atoms with van der Waals surface area (Å²) in [5.41, 5.74) is -5.65. The first kappa shape index (κ1) is 20.3. The molecule has 0 aromatic rings. The van der Waals surface area contributed by atoms with Crippen LogP contribution >= 0.6 is 0 Å². The van der Waals surface area contributed by atoms with E-state index in [0.29, 0.717) is 0 Å². The Balaban J connectivity index is 0.000000169. The first-order valence-corrected chi connectivity index (χ1v) is 8.31. The smallest absolute Gasteiger partial charge is 0.741 e. The molecule has 0 radical (unpaired) electrons. The van der Waals surface area contributed by atoms with Gasteiger partial charge in [0.15, 0.2) is 10.1 Å². The van der Waals surface area contributed by atoms with Gasteiger partial charge in [-0.05, 0) is 36.5 Å². The molecule has 0 heterocycles. The molecule has 0 fully saturated rings. The minimum atomic E-state index is -6.09. The molecule has 4 rings (SSSR count). The third kappa shape index (κ3) is 6.01. The van der Waals surface area contributed by atoms with E-state index in [9.17, 15) is 13.2 Å². The van der Waals surface area contributed by atoms with Crippen LogP contribution in [0.3, 0.4) is 0 Å². The molecule has 0 aromatic carbocycles. The van der Waals surface area contributed by atoms with Crippen LogP contribution < -0.4 is 0 Å². The van der Waals surface area contributed by atoms with E-state index in [1.54, 1.807) is 0 Å². The zero-order valence-corrected chi connectivity index (χ0v) is 14.4.